The average molecular weight is 395 g/mol. The molecular weight excluding hydrogens is 378 g/mol. The number of aromatic hydroxyl groups is 1. The number of aryl methyl sites for hydroxylation is 1. The fraction of sp³-hybridized carbons (Fsp3) is 0.176. The fourth-order valence-electron chi connectivity index (χ4n) is 2.46. The van der Waals surface area contributed by atoms with Crippen LogP contribution >= 0.6 is 0 Å². The predicted octanol–water partition coefficient (Wildman–Crippen LogP) is 1.44. The van der Waals surface area contributed by atoms with Gasteiger partial charge in [-0.1, -0.05) is 6.08 Å². The number of hydrogen-bond donors (Lipinski definition) is 2. The van der Waals surface area contributed by atoms with Crippen LogP contribution in [-0.2, 0) is 29.2 Å². The first kappa shape index (κ1) is 20.2. The summed E-state index contributed by atoms with van der Waals surface area (Å²) in [5, 5.41) is 10.4. The van der Waals surface area contributed by atoms with Crippen molar-refractivity contribution in [3.8, 4) is 5.75 Å². The van der Waals surface area contributed by atoms with Crippen molar-refractivity contribution >= 4 is 27.7 Å². The monoisotopic (exact) mass is 395 g/mol. The molecule has 0 aromatic heterocycles. The number of ether oxygens (including phenoxy) is 2. The van der Waals surface area contributed by atoms with Crippen molar-refractivity contribution in [2.75, 3.05) is 19.1 Å². The first-order valence-electron chi connectivity index (χ1n) is 7.48. The molecule has 27 heavy (non-hydrogen) atoms. The molecule has 1 aromatic carbocycles. The highest BCUT2D eigenvalue weighted by Gasteiger charge is 2.30. The largest absolute Gasteiger partial charge is 0.504 e. The number of benzene rings is 1. The Morgan fingerprint density at radius 3 is 2.26 bits per heavy atom. The number of carbonyl (C=O) groups excluding carboxylic acids is 2. The zero-order valence-corrected chi connectivity index (χ0v) is 15.5. The number of rotatable bonds is 4. The minimum Gasteiger partial charge on any atom is -0.504 e. The third kappa shape index (κ3) is 4.01. The van der Waals surface area contributed by atoms with Crippen molar-refractivity contribution in [1.29, 1.82) is 0 Å². The molecule has 144 valence electrons. The SMILES string of the molecule is COC(=O)C1=C(C(=O)OC)N(c2cc(C)cc(S(=O)(=O)O)c2O)C=CC=C1. The van der Waals surface area contributed by atoms with E-state index in [1.807, 2.05) is 0 Å². The molecule has 0 unspecified atom stereocenters. The second-order valence-corrected chi connectivity index (χ2v) is 6.81. The number of carbonyl (C=O) groups is 2. The summed E-state index contributed by atoms with van der Waals surface area (Å²) >= 11 is 0. The maximum atomic E-state index is 12.4. The third-order valence-corrected chi connectivity index (χ3v) is 4.49. The normalized spacial score (nSPS) is 14.1. The highest BCUT2D eigenvalue weighted by Crippen LogP contribution is 2.38. The van der Waals surface area contributed by atoms with Crippen LogP contribution < -0.4 is 4.90 Å². The van der Waals surface area contributed by atoms with Gasteiger partial charge in [0.15, 0.2) is 5.75 Å². The predicted molar refractivity (Wildman–Crippen MR) is 94.5 cm³/mol. The summed E-state index contributed by atoms with van der Waals surface area (Å²) in [5.74, 6) is -2.58. The van der Waals surface area contributed by atoms with Gasteiger partial charge in [0.1, 0.15) is 10.6 Å². The molecule has 1 heterocycles. The van der Waals surface area contributed by atoms with Crippen LogP contribution in [0, 0.1) is 6.92 Å². The molecule has 2 N–H and O–H groups in total. The Labute approximate surface area is 155 Å². The maximum absolute atomic E-state index is 12.4. The Morgan fingerprint density at radius 2 is 1.70 bits per heavy atom. The van der Waals surface area contributed by atoms with Crippen molar-refractivity contribution in [3.63, 3.8) is 0 Å². The quantitative estimate of drug-likeness (QED) is 0.574. The summed E-state index contributed by atoms with van der Waals surface area (Å²) in [6.07, 6.45) is 5.53. The first-order valence-corrected chi connectivity index (χ1v) is 8.92. The third-order valence-electron chi connectivity index (χ3n) is 3.63. The Morgan fingerprint density at radius 1 is 1.07 bits per heavy atom. The molecule has 0 atom stereocenters. The summed E-state index contributed by atoms with van der Waals surface area (Å²) in [6, 6.07) is 2.44. The van der Waals surface area contributed by atoms with Crippen molar-refractivity contribution in [2.24, 2.45) is 0 Å². The highest BCUT2D eigenvalue weighted by molar-refractivity contribution is 7.86. The number of allylic oxidation sites excluding steroid dienone is 2. The van der Waals surface area contributed by atoms with Gasteiger partial charge < -0.3 is 19.5 Å². The molecule has 9 nitrogen and oxygen atoms in total. The molecule has 0 radical (unpaired) electrons. The zero-order chi connectivity index (χ0) is 20.4. The van der Waals surface area contributed by atoms with E-state index in [2.05, 4.69) is 4.74 Å². The van der Waals surface area contributed by atoms with Gasteiger partial charge >= 0.3 is 11.9 Å². The molecule has 1 aliphatic heterocycles. The average Bonchev–Trinajstić information content (AvgIpc) is 2.83. The van der Waals surface area contributed by atoms with Crippen LogP contribution in [0.3, 0.4) is 0 Å². The van der Waals surface area contributed by atoms with Crippen LogP contribution in [0.25, 0.3) is 0 Å². The van der Waals surface area contributed by atoms with Gasteiger partial charge in [-0.05, 0) is 36.8 Å². The van der Waals surface area contributed by atoms with E-state index < -0.39 is 32.7 Å². The Balaban J connectivity index is 2.85. The van der Waals surface area contributed by atoms with Gasteiger partial charge in [0.25, 0.3) is 10.1 Å². The van der Waals surface area contributed by atoms with E-state index in [1.54, 1.807) is 0 Å². The first-order chi connectivity index (χ1) is 12.6. The molecule has 0 amide bonds. The second kappa shape index (κ2) is 7.64. The molecule has 1 aromatic rings. The second-order valence-electron chi connectivity index (χ2n) is 5.42. The molecule has 0 fully saturated rings. The van der Waals surface area contributed by atoms with Gasteiger partial charge in [0.2, 0.25) is 0 Å². The Hall–Kier alpha value is -3.11. The standard InChI is InChI=1S/C17H17NO8S/c1-10-8-12(15(19)13(9-10)27(22,23)24)18-7-5-4-6-11(16(20)25-2)14(18)17(21)26-3/h4-9,19H,1-3H3,(H,22,23,24). The minimum atomic E-state index is -4.74. The van der Waals surface area contributed by atoms with Crippen LogP contribution in [0.5, 0.6) is 5.75 Å². The minimum absolute atomic E-state index is 0.163. The number of phenolic OH excluding ortho intramolecular Hbond substituents is 1. The van der Waals surface area contributed by atoms with Crippen LogP contribution in [0.4, 0.5) is 5.69 Å². The number of hydrogen-bond acceptors (Lipinski definition) is 8. The molecule has 10 heteroatoms. The molecule has 2 rings (SSSR count). The molecule has 0 saturated carbocycles. The number of esters is 2. The summed E-state index contributed by atoms with van der Waals surface area (Å²) in [7, 11) is -2.52. The summed E-state index contributed by atoms with van der Waals surface area (Å²) in [6.45, 7) is 1.53. The molecular formula is C17H17NO8S. The molecule has 0 aliphatic carbocycles. The lowest BCUT2D eigenvalue weighted by atomic mass is 10.1. The number of methoxy groups -OCH3 is 2. The smallest absolute Gasteiger partial charge is 0.355 e. The van der Waals surface area contributed by atoms with Gasteiger partial charge in [0, 0.05) is 6.20 Å². The van der Waals surface area contributed by atoms with Crippen molar-refractivity contribution in [2.45, 2.75) is 11.8 Å². The number of anilines is 1. The summed E-state index contributed by atoms with van der Waals surface area (Å²) in [5.41, 5.74) is -0.283. The number of nitrogens with zero attached hydrogens (tertiary/aromatic N) is 1. The van der Waals surface area contributed by atoms with E-state index in [1.165, 1.54) is 37.4 Å². The van der Waals surface area contributed by atoms with Crippen LogP contribution in [0.15, 0.2) is 52.7 Å². The lowest BCUT2D eigenvalue weighted by Gasteiger charge is -2.24. The lowest BCUT2D eigenvalue weighted by Crippen LogP contribution is -2.27. The number of phenols is 1. The van der Waals surface area contributed by atoms with Crippen molar-refractivity contribution in [3.05, 3.63) is 53.4 Å². The van der Waals surface area contributed by atoms with Gasteiger partial charge in [0.05, 0.1) is 25.5 Å². The van der Waals surface area contributed by atoms with Gasteiger partial charge in [-0.25, -0.2) is 9.59 Å². The molecule has 0 saturated heterocycles. The van der Waals surface area contributed by atoms with E-state index in [-0.39, 0.29) is 17.0 Å². The topological polar surface area (TPSA) is 130 Å². The zero-order valence-electron chi connectivity index (χ0n) is 14.7. The van der Waals surface area contributed by atoms with E-state index in [9.17, 15) is 27.7 Å². The lowest BCUT2D eigenvalue weighted by molar-refractivity contribution is -0.139. The van der Waals surface area contributed by atoms with Crippen LogP contribution in [-0.4, -0.2) is 44.2 Å². The molecule has 1 aliphatic rings. The van der Waals surface area contributed by atoms with Crippen molar-refractivity contribution in [1.82, 2.24) is 0 Å². The Bertz CT molecular complexity index is 988. The maximum Gasteiger partial charge on any atom is 0.355 e. The van der Waals surface area contributed by atoms with Crippen molar-refractivity contribution < 1.29 is 37.1 Å². The van der Waals surface area contributed by atoms with E-state index in [0.717, 1.165) is 25.2 Å². The highest BCUT2D eigenvalue weighted by atomic mass is 32.2. The van der Waals surface area contributed by atoms with Crippen LogP contribution in [0.2, 0.25) is 0 Å². The molecule has 0 spiro atoms. The van der Waals surface area contributed by atoms with E-state index in [4.69, 9.17) is 4.74 Å². The Kier molecular flexibility index (Phi) is 5.72. The fourth-order valence-corrected chi connectivity index (χ4v) is 3.14. The van der Waals surface area contributed by atoms with Gasteiger partial charge in [-0.2, -0.15) is 8.42 Å². The van der Waals surface area contributed by atoms with Gasteiger partial charge in [-0.3, -0.25) is 4.55 Å². The van der Waals surface area contributed by atoms with E-state index in [0.29, 0.717) is 5.56 Å². The molecule has 0 bridgehead atoms. The summed E-state index contributed by atoms with van der Waals surface area (Å²) < 4.78 is 41.9. The van der Waals surface area contributed by atoms with Gasteiger partial charge in [-0.15, -0.1) is 0 Å². The van der Waals surface area contributed by atoms with E-state index >= 15 is 0 Å². The van der Waals surface area contributed by atoms with Crippen LogP contribution in [0.1, 0.15) is 5.56 Å². The summed E-state index contributed by atoms with van der Waals surface area (Å²) in [4.78, 5) is 24.8.